The highest BCUT2D eigenvalue weighted by atomic mass is 79.9. The lowest BCUT2D eigenvalue weighted by atomic mass is 10.1. The zero-order valence-electron chi connectivity index (χ0n) is 14.7. The molecule has 0 fully saturated rings. The number of rotatable bonds is 6. The largest absolute Gasteiger partial charge is 0.459 e. The maximum atomic E-state index is 12.5. The maximum absolute atomic E-state index is 12.5. The van der Waals surface area contributed by atoms with Crippen LogP contribution in [0.4, 0.5) is 0 Å². The Bertz CT molecular complexity index is 1040. The molecule has 7 heteroatoms. The third-order valence-corrected chi connectivity index (χ3v) is 4.70. The van der Waals surface area contributed by atoms with Crippen LogP contribution in [0.5, 0.6) is 0 Å². The van der Waals surface area contributed by atoms with E-state index in [-0.39, 0.29) is 11.7 Å². The van der Waals surface area contributed by atoms with Gasteiger partial charge in [0.1, 0.15) is 6.04 Å². The zero-order valence-corrected chi connectivity index (χ0v) is 16.3. The minimum atomic E-state index is -0.489. The summed E-state index contributed by atoms with van der Waals surface area (Å²) in [5, 5.41) is 6.99. The SMILES string of the molecule is O=C(NC(Cc1ccccc1)c1nc(-c2ccc(Br)cc2)no1)c1ccco1. The molecule has 4 rings (SSSR count). The van der Waals surface area contributed by atoms with Crippen molar-refractivity contribution in [3.8, 4) is 11.4 Å². The van der Waals surface area contributed by atoms with Gasteiger partial charge < -0.3 is 14.3 Å². The second-order valence-corrected chi connectivity index (χ2v) is 7.07. The Kier molecular flexibility index (Phi) is 5.34. The average Bonchev–Trinajstić information content (AvgIpc) is 3.41. The van der Waals surface area contributed by atoms with Gasteiger partial charge in [-0.15, -0.1) is 0 Å². The number of carbonyl (C=O) groups excluding carboxylic acids is 1. The zero-order chi connectivity index (χ0) is 19.3. The first-order chi connectivity index (χ1) is 13.7. The van der Waals surface area contributed by atoms with Gasteiger partial charge in [0.15, 0.2) is 5.76 Å². The first-order valence-electron chi connectivity index (χ1n) is 8.67. The van der Waals surface area contributed by atoms with Gasteiger partial charge in [0.05, 0.1) is 6.26 Å². The van der Waals surface area contributed by atoms with E-state index in [4.69, 9.17) is 8.94 Å². The lowest BCUT2D eigenvalue weighted by molar-refractivity contribution is 0.0900. The van der Waals surface area contributed by atoms with Crippen molar-refractivity contribution in [2.75, 3.05) is 0 Å². The molecule has 0 aliphatic carbocycles. The molecule has 140 valence electrons. The lowest BCUT2D eigenvalue weighted by Crippen LogP contribution is -2.30. The molecule has 6 nitrogen and oxygen atoms in total. The van der Waals surface area contributed by atoms with Crippen LogP contribution in [-0.4, -0.2) is 16.0 Å². The number of nitrogens with one attached hydrogen (secondary N) is 1. The molecule has 1 amide bonds. The standard InChI is InChI=1S/C21H16BrN3O3/c22-16-10-8-15(9-11-16)19-24-21(28-25-19)17(13-14-5-2-1-3-6-14)23-20(26)18-7-4-12-27-18/h1-12,17H,13H2,(H,23,26). The van der Waals surface area contributed by atoms with Gasteiger partial charge in [-0.2, -0.15) is 4.98 Å². The van der Waals surface area contributed by atoms with Crippen LogP contribution in [0, 0.1) is 0 Å². The van der Waals surface area contributed by atoms with E-state index in [0.29, 0.717) is 18.1 Å². The molecule has 28 heavy (non-hydrogen) atoms. The van der Waals surface area contributed by atoms with Gasteiger partial charge in [0.25, 0.3) is 5.91 Å². The molecular formula is C21H16BrN3O3. The van der Waals surface area contributed by atoms with E-state index < -0.39 is 6.04 Å². The van der Waals surface area contributed by atoms with E-state index in [2.05, 4.69) is 31.4 Å². The highest BCUT2D eigenvalue weighted by Gasteiger charge is 2.24. The van der Waals surface area contributed by atoms with Gasteiger partial charge in [-0.25, -0.2) is 0 Å². The Balaban J connectivity index is 1.61. The number of carbonyl (C=O) groups is 1. The molecule has 4 aromatic rings. The first-order valence-corrected chi connectivity index (χ1v) is 9.46. The van der Waals surface area contributed by atoms with E-state index in [1.807, 2.05) is 54.6 Å². The highest BCUT2D eigenvalue weighted by Crippen LogP contribution is 2.23. The molecule has 0 aliphatic heterocycles. The number of hydrogen-bond donors (Lipinski definition) is 1. The summed E-state index contributed by atoms with van der Waals surface area (Å²) in [7, 11) is 0. The number of benzene rings is 2. The van der Waals surface area contributed by atoms with Gasteiger partial charge in [0, 0.05) is 16.5 Å². The molecule has 2 heterocycles. The van der Waals surface area contributed by atoms with Crippen molar-refractivity contribution in [1.82, 2.24) is 15.5 Å². The van der Waals surface area contributed by atoms with Gasteiger partial charge >= 0.3 is 0 Å². The molecule has 0 aliphatic rings. The Hall–Kier alpha value is -3.19. The smallest absolute Gasteiger partial charge is 0.287 e. The van der Waals surface area contributed by atoms with Crippen LogP contribution in [0.15, 0.2) is 86.4 Å². The van der Waals surface area contributed by atoms with Crippen LogP contribution < -0.4 is 5.32 Å². The number of nitrogens with zero attached hydrogens (tertiary/aromatic N) is 2. The predicted molar refractivity (Wildman–Crippen MR) is 106 cm³/mol. The summed E-state index contributed by atoms with van der Waals surface area (Å²) in [5.41, 5.74) is 1.87. The van der Waals surface area contributed by atoms with Crippen LogP contribution in [0.2, 0.25) is 0 Å². The van der Waals surface area contributed by atoms with E-state index >= 15 is 0 Å². The van der Waals surface area contributed by atoms with Crippen LogP contribution in [-0.2, 0) is 6.42 Å². The Labute approximate surface area is 169 Å². The summed E-state index contributed by atoms with van der Waals surface area (Å²) >= 11 is 3.41. The molecule has 1 atom stereocenters. The summed E-state index contributed by atoms with van der Waals surface area (Å²) < 4.78 is 11.6. The molecule has 1 unspecified atom stereocenters. The van der Waals surface area contributed by atoms with Crippen molar-refractivity contribution in [2.45, 2.75) is 12.5 Å². The summed E-state index contributed by atoms with van der Waals surface area (Å²) in [5.74, 6) is 0.689. The van der Waals surface area contributed by atoms with Crippen LogP contribution in [0.1, 0.15) is 28.1 Å². The van der Waals surface area contributed by atoms with Crippen LogP contribution >= 0.6 is 15.9 Å². The third kappa shape index (κ3) is 4.20. The third-order valence-electron chi connectivity index (χ3n) is 4.18. The van der Waals surface area contributed by atoms with E-state index in [9.17, 15) is 4.79 Å². The second-order valence-electron chi connectivity index (χ2n) is 6.16. The first kappa shape index (κ1) is 18.2. The van der Waals surface area contributed by atoms with Gasteiger partial charge in [0.2, 0.25) is 11.7 Å². The lowest BCUT2D eigenvalue weighted by Gasteiger charge is -2.14. The Morgan fingerprint density at radius 2 is 1.82 bits per heavy atom. The average molecular weight is 438 g/mol. The molecule has 0 spiro atoms. The molecule has 2 aromatic heterocycles. The van der Waals surface area contributed by atoms with Crippen molar-refractivity contribution >= 4 is 21.8 Å². The van der Waals surface area contributed by atoms with Crippen LogP contribution in [0.3, 0.4) is 0 Å². The van der Waals surface area contributed by atoms with Crippen molar-refractivity contribution in [1.29, 1.82) is 0 Å². The molecule has 0 radical (unpaired) electrons. The van der Waals surface area contributed by atoms with Crippen molar-refractivity contribution in [3.05, 3.63) is 94.7 Å². The van der Waals surface area contributed by atoms with E-state index in [1.54, 1.807) is 12.1 Å². The number of aromatic nitrogens is 2. The van der Waals surface area contributed by atoms with Crippen LogP contribution in [0.25, 0.3) is 11.4 Å². The Morgan fingerprint density at radius 3 is 2.54 bits per heavy atom. The molecule has 0 saturated carbocycles. The van der Waals surface area contributed by atoms with E-state index in [0.717, 1.165) is 15.6 Å². The van der Waals surface area contributed by atoms with Crippen molar-refractivity contribution in [2.24, 2.45) is 0 Å². The normalized spacial score (nSPS) is 11.9. The molecule has 2 aromatic carbocycles. The summed E-state index contributed by atoms with van der Waals surface area (Å²) in [4.78, 5) is 17.0. The molecule has 1 N–H and O–H groups in total. The summed E-state index contributed by atoms with van der Waals surface area (Å²) in [6.07, 6.45) is 1.97. The molecule has 0 saturated heterocycles. The monoisotopic (exact) mass is 437 g/mol. The maximum Gasteiger partial charge on any atom is 0.287 e. The quantitative estimate of drug-likeness (QED) is 0.468. The molecular weight excluding hydrogens is 422 g/mol. The van der Waals surface area contributed by atoms with Crippen molar-refractivity contribution in [3.63, 3.8) is 0 Å². The number of hydrogen-bond acceptors (Lipinski definition) is 5. The Morgan fingerprint density at radius 1 is 1.04 bits per heavy atom. The second kappa shape index (κ2) is 8.22. The minimum absolute atomic E-state index is 0.228. The minimum Gasteiger partial charge on any atom is -0.459 e. The fraction of sp³-hybridized carbons (Fsp3) is 0.0952. The predicted octanol–water partition coefficient (Wildman–Crippen LogP) is 4.81. The number of amides is 1. The summed E-state index contributed by atoms with van der Waals surface area (Å²) in [6.45, 7) is 0. The van der Waals surface area contributed by atoms with Gasteiger partial charge in [-0.1, -0.05) is 51.4 Å². The van der Waals surface area contributed by atoms with E-state index in [1.165, 1.54) is 6.26 Å². The van der Waals surface area contributed by atoms with Gasteiger partial charge in [-0.3, -0.25) is 4.79 Å². The molecule has 0 bridgehead atoms. The summed E-state index contributed by atoms with van der Waals surface area (Å²) in [6, 6.07) is 20.2. The fourth-order valence-corrected chi connectivity index (χ4v) is 3.04. The topological polar surface area (TPSA) is 81.2 Å². The van der Waals surface area contributed by atoms with Crippen molar-refractivity contribution < 1.29 is 13.7 Å². The number of halogens is 1. The highest BCUT2D eigenvalue weighted by molar-refractivity contribution is 9.10. The van der Waals surface area contributed by atoms with Gasteiger partial charge in [-0.05, 0) is 42.0 Å². The number of furan rings is 1. The fourth-order valence-electron chi connectivity index (χ4n) is 2.78.